The van der Waals surface area contributed by atoms with Gasteiger partial charge in [0, 0.05) is 36.1 Å². The Morgan fingerprint density at radius 3 is 2.91 bits per heavy atom. The molecule has 5 heteroatoms. The minimum Gasteiger partial charge on any atom is -0.350 e. The topological polar surface area (TPSA) is 58.1 Å². The van der Waals surface area contributed by atoms with E-state index in [1.54, 1.807) is 12.4 Å². The summed E-state index contributed by atoms with van der Waals surface area (Å²) in [5, 5.41) is 3.07. The van der Waals surface area contributed by atoms with E-state index in [0.29, 0.717) is 18.2 Å². The monoisotopic (exact) mass is 310 g/mol. The Kier molecular flexibility index (Phi) is 4.98. The minimum absolute atomic E-state index is 0.0216. The molecular weight excluding hydrogens is 288 g/mol. The van der Waals surface area contributed by atoms with Crippen LogP contribution in [0.1, 0.15) is 30.1 Å². The molecule has 5 nitrogen and oxygen atoms in total. The number of amides is 1. The van der Waals surface area contributed by atoms with Crippen molar-refractivity contribution in [2.45, 2.75) is 25.8 Å². The zero-order chi connectivity index (χ0) is 16.1. The third-order valence-electron chi connectivity index (χ3n) is 4.42. The first kappa shape index (κ1) is 15.6. The summed E-state index contributed by atoms with van der Waals surface area (Å²) in [5.74, 6) is -0.0216. The van der Waals surface area contributed by atoms with Crippen LogP contribution in [0, 0.1) is 0 Å². The van der Waals surface area contributed by atoms with Crippen molar-refractivity contribution in [3.63, 3.8) is 0 Å². The second-order valence-corrected chi connectivity index (χ2v) is 5.84. The summed E-state index contributed by atoms with van der Waals surface area (Å²) in [4.78, 5) is 22.9. The Morgan fingerprint density at radius 2 is 2.13 bits per heavy atom. The largest absolute Gasteiger partial charge is 0.350 e. The number of carbonyl (C=O) groups is 1. The number of hydrogen-bond donors (Lipinski definition) is 1. The van der Waals surface area contributed by atoms with E-state index in [-0.39, 0.29) is 5.91 Å². The molecule has 1 aliphatic heterocycles. The SMILES string of the molecule is CCN1CCCC1CNC(=O)c1cccc(-c2cncnc2)c1. The lowest BCUT2D eigenvalue weighted by molar-refractivity contribution is 0.0941. The number of likely N-dealkylation sites (N-methyl/N-ethyl adjacent to an activating group) is 1. The molecule has 1 fully saturated rings. The predicted molar refractivity (Wildman–Crippen MR) is 90.1 cm³/mol. The lowest BCUT2D eigenvalue weighted by atomic mass is 10.1. The number of rotatable bonds is 5. The molecule has 1 aliphatic rings. The Bertz CT molecular complexity index is 659. The van der Waals surface area contributed by atoms with Gasteiger partial charge >= 0.3 is 0 Å². The van der Waals surface area contributed by atoms with Gasteiger partial charge < -0.3 is 5.32 Å². The molecule has 2 aromatic rings. The number of likely N-dealkylation sites (tertiary alicyclic amines) is 1. The average molecular weight is 310 g/mol. The number of nitrogens with zero attached hydrogens (tertiary/aromatic N) is 3. The van der Waals surface area contributed by atoms with Crippen molar-refractivity contribution >= 4 is 5.91 Å². The molecule has 2 heterocycles. The van der Waals surface area contributed by atoms with Crippen molar-refractivity contribution in [3.05, 3.63) is 48.5 Å². The van der Waals surface area contributed by atoms with E-state index >= 15 is 0 Å². The van der Waals surface area contributed by atoms with Gasteiger partial charge in [-0.15, -0.1) is 0 Å². The Balaban J connectivity index is 1.66. The molecule has 0 radical (unpaired) electrons. The van der Waals surface area contributed by atoms with Crippen molar-refractivity contribution in [3.8, 4) is 11.1 Å². The van der Waals surface area contributed by atoms with Gasteiger partial charge in [0.05, 0.1) is 0 Å². The predicted octanol–water partition coefficient (Wildman–Crippen LogP) is 2.36. The van der Waals surface area contributed by atoms with Gasteiger partial charge in [0.2, 0.25) is 0 Å². The average Bonchev–Trinajstić information content (AvgIpc) is 3.08. The third kappa shape index (κ3) is 3.74. The van der Waals surface area contributed by atoms with Gasteiger partial charge in [-0.3, -0.25) is 9.69 Å². The fourth-order valence-corrected chi connectivity index (χ4v) is 3.14. The zero-order valence-corrected chi connectivity index (χ0v) is 13.4. The van der Waals surface area contributed by atoms with Gasteiger partial charge in [-0.25, -0.2) is 9.97 Å². The first-order valence-corrected chi connectivity index (χ1v) is 8.15. The highest BCUT2D eigenvalue weighted by Gasteiger charge is 2.23. The van der Waals surface area contributed by atoms with Crippen LogP contribution in [0.3, 0.4) is 0 Å². The second-order valence-electron chi connectivity index (χ2n) is 5.84. The van der Waals surface area contributed by atoms with Crippen molar-refractivity contribution in [2.24, 2.45) is 0 Å². The lowest BCUT2D eigenvalue weighted by Gasteiger charge is -2.22. The maximum Gasteiger partial charge on any atom is 0.251 e. The van der Waals surface area contributed by atoms with E-state index in [0.717, 1.165) is 30.6 Å². The molecule has 23 heavy (non-hydrogen) atoms. The number of carbonyl (C=O) groups excluding carboxylic acids is 1. The number of nitrogens with one attached hydrogen (secondary N) is 1. The summed E-state index contributed by atoms with van der Waals surface area (Å²) in [6.45, 7) is 5.07. The van der Waals surface area contributed by atoms with Crippen molar-refractivity contribution in [1.29, 1.82) is 0 Å². The zero-order valence-electron chi connectivity index (χ0n) is 13.4. The van der Waals surface area contributed by atoms with Crippen molar-refractivity contribution < 1.29 is 4.79 Å². The fraction of sp³-hybridized carbons (Fsp3) is 0.389. The molecule has 3 rings (SSSR count). The standard InChI is InChI=1S/C18H22N4O/c1-2-22-8-4-7-17(22)12-21-18(23)15-6-3-5-14(9-15)16-10-19-13-20-11-16/h3,5-6,9-11,13,17H,2,4,7-8,12H2,1H3,(H,21,23). The normalized spacial score (nSPS) is 18.0. The Labute approximate surface area is 136 Å². The first-order chi connectivity index (χ1) is 11.3. The quantitative estimate of drug-likeness (QED) is 0.921. The highest BCUT2D eigenvalue weighted by molar-refractivity contribution is 5.95. The van der Waals surface area contributed by atoms with E-state index in [1.165, 1.54) is 12.7 Å². The molecule has 1 N–H and O–H groups in total. The van der Waals surface area contributed by atoms with Gasteiger partial charge in [-0.05, 0) is 43.6 Å². The summed E-state index contributed by atoms with van der Waals surface area (Å²) < 4.78 is 0. The summed E-state index contributed by atoms with van der Waals surface area (Å²) in [6, 6.07) is 8.06. The van der Waals surface area contributed by atoms with Gasteiger partial charge in [0.25, 0.3) is 5.91 Å². The van der Waals surface area contributed by atoms with Crippen LogP contribution in [0.2, 0.25) is 0 Å². The highest BCUT2D eigenvalue weighted by atomic mass is 16.1. The molecule has 1 amide bonds. The van der Waals surface area contributed by atoms with Crippen LogP contribution < -0.4 is 5.32 Å². The summed E-state index contributed by atoms with van der Waals surface area (Å²) in [7, 11) is 0. The van der Waals surface area contributed by atoms with E-state index in [4.69, 9.17) is 0 Å². The van der Waals surface area contributed by atoms with Crippen LogP contribution >= 0.6 is 0 Å². The minimum atomic E-state index is -0.0216. The molecule has 1 aromatic carbocycles. The Morgan fingerprint density at radius 1 is 1.30 bits per heavy atom. The molecular formula is C18H22N4O. The molecule has 0 saturated carbocycles. The van der Waals surface area contributed by atoms with E-state index in [1.807, 2.05) is 24.3 Å². The third-order valence-corrected chi connectivity index (χ3v) is 4.42. The number of benzene rings is 1. The van der Waals surface area contributed by atoms with Crippen LogP contribution in [-0.2, 0) is 0 Å². The van der Waals surface area contributed by atoms with Crippen LogP contribution in [0.5, 0.6) is 0 Å². The van der Waals surface area contributed by atoms with Crippen molar-refractivity contribution in [1.82, 2.24) is 20.2 Å². The number of aromatic nitrogens is 2. The van der Waals surface area contributed by atoms with Gasteiger partial charge in [-0.1, -0.05) is 19.1 Å². The Hall–Kier alpha value is -2.27. The van der Waals surface area contributed by atoms with Crippen LogP contribution in [0.15, 0.2) is 43.0 Å². The smallest absolute Gasteiger partial charge is 0.251 e. The maximum absolute atomic E-state index is 12.4. The van der Waals surface area contributed by atoms with Crippen LogP contribution in [0.25, 0.3) is 11.1 Å². The van der Waals surface area contributed by atoms with Crippen LogP contribution in [0.4, 0.5) is 0 Å². The molecule has 0 aliphatic carbocycles. The second kappa shape index (κ2) is 7.33. The maximum atomic E-state index is 12.4. The molecule has 1 atom stereocenters. The van der Waals surface area contributed by atoms with E-state index in [2.05, 4.69) is 27.1 Å². The summed E-state index contributed by atoms with van der Waals surface area (Å²) >= 11 is 0. The van der Waals surface area contributed by atoms with Crippen LogP contribution in [-0.4, -0.2) is 46.5 Å². The van der Waals surface area contributed by atoms with Gasteiger partial charge in [0.1, 0.15) is 6.33 Å². The lowest BCUT2D eigenvalue weighted by Crippen LogP contribution is -2.40. The molecule has 1 saturated heterocycles. The molecule has 0 spiro atoms. The first-order valence-electron chi connectivity index (χ1n) is 8.15. The highest BCUT2D eigenvalue weighted by Crippen LogP contribution is 2.19. The molecule has 1 unspecified atom stereocenters. The molecule has 0 bridgehead atoms. The molecule has 120 valence electrons. The summed E-state index contributed by atoms with van der Waals surface area (Å²) in [6.07, 6.45) is 7.39. The molecule has 1 aromatic heterocycles. The van der Waals surface area contributed by atoms with Gasteiger partial charge in [0.15, 0.2) is 0 Å². The van der Waals surface area contributed by atoms with Crippen molar-refractivity contribution in [2.75, 3.05) is 19.6 Å². The van der Waals surface area contributed by atoms with Gasteiger partial charge in [-0.2, -0.15) is 0 Å². The summed E-state index contributed by atoms with van der Waals surface area (Å²) in [5.41, 5.74) is 2.54. The fourth-order valence-electron chi connectivity index (χ4n) is 3.14. The van der Waals surface area contributed by atoms with E-state index in [9.17, 15) is 4.79 Å². The number of hydrogen-bond acceptors (Lipinski definition) is 4. The van der Waals surface area contributed by atoms with E-state index < -0.39 is 0 Å².